The van der Waals surface area contributed by atoms with Gasteiger partial charge in [-0.1, -0.05) is 32.0 Å². The molecule has 2 atom stereocenters. The van der Waals surface area contributed by atoms with Crippen molar-refractivity contribution in [3.05, 3.63) is 83.7 Å². The predicted octanol–water partition coefficient (Wildman–Crippen LogP) is 6.66. The molecular formula is C29H29FN2O3. The first kappa shape index (κ1) is 23.1. The van der Waals surface area contributed by atoms with E-state index in [0.717, 1.165) is 34.6 Å². The average Bonchev–Trinajstić information content (AvgIpc) is 2.99. The number of anilines is 1. The first-order chi connectivity index (χ1) is 16.8. The number of nitrogens with one attached hydrogen (secondary N) is 1. The SMILES string of the molecule is COc1ccc([C@H]2Nc3ccccc3N=C3CC(C)(C)CC(=O)[C@H]32)cc1COc1ccc(F)cc1. The molecule has 1 N–H and O–H groups in total. The second-order valence-electron chi connectivity index (χ2n) is 10.0. The minimum absolute atomic E-state index is 0.121. The number of ether oxygens (including phenoxy) is 2. The fraction of sp³-hybridized carbons (Fsp3) is 0.310. The summed E-state index contributed by atoms with van der Waals surface area (Å²) in [7, 11) is 1.62. The van der Waals surface area contributed by atoms with Gasteiger partial charge in [-0.2, -0.15) is 0 Å². The molecule has 35 heavy (non-hydrogen) atoms. The van der Waals surface area contributed by atoms with Crippen molar-refractivity contribution in [1.82, 2.24) is 0 Å². The fourth-order valence-corrected chi connectivity index (χ4v) is 5.09. The molecule has 3 aromatic rings. The van der Waals surface area contributed by atoms with E-state index in [2.05, 4.69) is 19.2 Å². The van der Waals surface area contributed by atoms with Crippen molar-refractivity contribution < 1.29 is 18.7 Å². The number of aliphatic imine (C=N–C) groups is 1. The molecule has 6 heteroatoms. The van der Waals surface area contributed by atoms with Crippen LogP contribution in [0.5, 0.6) is 11.5 Å². The number of hydrogen-bond donors (Lipinski definition) is 1. The van der Waals surface area contributed by atoms with Crippen LogP contribution >= 0.6 is 0 Å². The third kappa shape index (κ3) is 4.78. The zero-order valence-electron chi connectivity index (χ0n) is 20.2. The Hall–Kier alpha value is -3.67. The number of fused-ring (bicyclic) bond motifs is 2. The summed E-state index contributed by atoms with van der Waals surface area (Å²) in [5, 5.41) is 3.62. The first-order valence-corrected chi connectivity index (χ1v) is 11.8. The number of hydrogen-bond acceptors (Lipinski definition) is 5. The van der Waals surface area contributed by atoms with Crippen molar-refractivity contribution in [3.8, 4) is 11.5 Å². The number of ketones is 1. The number of para-hydroxylation sites is 2. The molecule has 5 nitrogen and oxygen atoms in total. The van der Waals surface area contributed by atoms with Gasteiger partial charge >= 0.3 is 0 Å². The maximum atomic E-state index is 13.5. The number of benzene rings is 3. The molecule has 0 amide bonds. The summed E-state index contributed by atoms with van der Waals surface area (Å²) >= 11 is 0. The van der Waals surface area contributed by atoms with Crippen molar-refractivity contribution in [1.29, 1.82) is 0 Å². The summed E-state index contributed by atoms with van der Waals surface area (Å²) in [6.07, 6.45) is 1.29. The molecule has 5 rings (SSSR count). The van der Waals surface area contributed by atoms with Crippen molar-refractivity contribution in [3.63, 3.8) is 0 Å². The highest BCUT2D eigenvalue weighted by molar-refractivity contribution is 6.10. The predicted molar refractivity (Wildman–Crippen MR) is 135 cm³/mol. The Morgan fingerprint density at radius 2 is 1.83 bits per heavy atom. The van der Waals surface area contributed by atoms with Gasteiger partial charge in [0, 0.05) is 17.7 Å². The highest BCUT2D eigenvalue weighted by Crippen LogP contribution is 2.45. The summed E-state index contributed by atoms with van der Waals surface area (Å²) < 4.78 is 24.8. The average molecular weight is 473 g/mol. The van der Waals surface area contributed by atoms with Crippen molar-refractivity contribution in [2.24, 2.45) is 16.3 Å². The molecule has 1 saturated carbocycles. The van der Waals surface area contributed by atoms with Crippen LogP contribution in [0.25, 0.3) is 0 Å². The molecule has 3 aromatic carbocycles. The lowest BCUT2D eigenvalue weighted by Gasteiger charge is -2.37. The molecule has 1 heterocycles. The lowest BCUT2D eigenvalue weighted by molar-refractivity contribution is -0.124. The Labute approximate surface area is 205 Å². The maximum absolute atomic E-state index is 13.5. The van der Waals surface area contributed by atoms with E-state index >= 15 is 0 Å². The van der Waals surface area contributed by atoms with Crippen LogP contribution in [0.2, 0.25) is 0 Å². The second kappa shape index (κ2) is 9.17. The minimum atomic E-state index is -0.352. The van der Waals surface area contributed by atoms with Crippen LogP contribution < -0.4 is 14.8 Å². The smallest absolute Gasteiger partial charge is 0.144 e. The van der Waals surface area contributed by atoms with Crippen LogP contribution in [0.1, 0.15) is 43.9 Å². The topological polar surface area (TPSA) is 59.9 Å². The lowest BCUT2D eigenvalue weighted by Crippen LogP contribution is -2.42. The van der Waals surface area contributed by atoms with Gasteiger partial charge in [-0.05, 0) is 65.9 Å². The molecule has 1 fully saturated rings. The fourth-order valence-electron chi connectivity index (χ4n) is 5.09. The molecule has 0 radical (unpaired) electrons. The number of carbonyl (C=O) groups is 1. The maximum Gasteiger partial charge on any atom is 0.144 e. The molecule has 0 bridgehead atoms. The van der Waals surface area contributed by atoms with E-state index in [1.165, 1.54) is 12.1 Å². The van der Waals surface area contributed by atoms with Gasteiger partial charge < -0.3 is 14.8 Å². The monoisotopic (exact) mass is 472 g/mol. The number of methoxy groups -OCH3 is 1. The molecule has 1 aliphatic carbocycles. The quantitative estimate of drug-likeness (QED) is 0.451. The summed E-state index contributed by atoms with van der Waals surface area (Å²) in [6, 6.07) is 19.5. The van der Waals surface area contributed by atoms with Gasteiger partial charge in [-0.3, -0.25) is 9.79 Å². The van der Waals surface area contributed by atoms with Crippen LogP contribution in [0.4, 0.5) is 15.8 Å². The van der Waals surface area contributed by atoms with Crippen molar-refractivity contribution in [2.45, 2.75) is 39.3 Å². The molecule has 1 aliphatic heterocycles. The van der Waals surface area contributed by atoms with Crippen LogP contribution in [0.3, 0.4) is 0 Å². The molecule has 0 unspecified atom stereocenters. The summed E-state index contributed by atoms with van der Waals surface area (Å²) in [5.74, 6) is 0.795. The zero-order valence-corrected chi connectivity index (χ0v) is 20.2. The molecule has 180 valence electrons. The minimum Gasteiger partial charge on any atom is -0.496 e. The lowest BCUT2D eigenvalue weighted by atomic mass is 9.68. The molecular weight excluding hydrogens is 443 g/mol. The molecule has 2 aliphatic rings. The zero-order chi connectivity index (χ0) is 24.6. The Kier molecular flexibility index (Phi) is 6.05. The summed E-state index contributed by atoms with van der Waals surface area (Å²) in [5.41, 5.74) is 4.37. The first-order valence-electron chi connectivity index (χ1n) is 11.8. The Morgan fingerprint density at radius 1 is 1.06 bits per heavy atom. The van der Waals surface area contributed by atoms with Gasteiger partial charge in [0.05, 0.1) is 30.4 Å². The second-order valence-corrected chi connectivity index (χ2v) is 10.0. The number of Topliss-reactive ketones (excluding diaryl/α,β-unsaturated/α-hetero) is 1. The Bertz CT molecular complexity index is 1280. The van der Waals surface area contributed by atoms with E-state index in [9.17, 15) is 9.18 Å². The van der Waals surface area contributed by atoms with E-state index in [1.54, 1.807) is 19.2 Å². The number of halogens is 1. The van der Waals surface area contributed by atoms with Gasteiger partial charge in [-0.25, -0.2) is 4.39 Å². The van der Waals surface area contributed by atoms with Gasteiger partial charge in [0.25, 0.3) is 0 Å². The molecule has 0 aromatic heterocycles. The van der Waals surface area contributed by atoms with E-state index < -0.39 is 0 Å². The van der Waals surface area contributed by atoms with Crippen LogP contribution in [0, 0.1) is 17.2 Å². The summed E-state index contributed by atoms with van der Waals surface area (Å²) in [4.78, 5) is 18.5. The summed E-state index contributed by atoms with van der Waals surface area (Å²) in [6.45, 7) is 4.50. The van der Waals surface area contributed by atoms with E-state index in [1.807, 2.05) is 42.5 Å². The van der Waals surface area contributed by atoms with Crippen LogP contribution in [-0.4, -0.2) is 18.6 Å². The number of nitrogens with zero attached hydrogens (tertiary/aromatic N) is 1. The van der Waals surface area contributed by atoms with Gasteiger partial charge in [0.2, 0.25) is 0 Å². The highest BCUT2D eigenvalue weighted by atomic mass is 19.1. The number of rotatable bonds is 5. The standard InChI is InChI=1S/C29H29FN2O3/c1-29(2)15-24-27(25(33)16-29)28(32-23-7-5-4-6-22(23)31-24)18-8-13-26(34-3)19(14-18)17-35-21-11-9-20(30)10-12-21/h4-14,27-28,32H,15-17H2,1-3H3/t27-,28+/m0/s1. The Balaban J connectivity index is 1.52. The molecule has 0 spiro atoms. The third-order valence-corrected chi connectivity index (χ3v) is 6.70. The van der Waals surface area contributed by atoms with Crippen molar-refractivity contribution >= 4 is 22.9 Å². The van der Waals surface area contributed by atoms with Gasteiger partial charge in [-0.15, -0.1) is 0 Å². The van der Waals surface area contributed by atoms with Gasteiger partial charge in [0.15, 0.2) is 0 Å². The van der Waals surface area contributed by atoms with E-state index in [-0.39, 0.29) is 35.6 Å². The third-order valence-electron chi connectivity index (χ3n) is 6.70. The van der Waals surface area contributed by atoms with Crippen molar-refractivity contribution in [2.75, 3.05) is 12.4 Å². The van der Waals surface area contributed by atoms with Gasteiger partial charge in [0.1, 0.15) is 29.7 Å². The Morgan fingerprint density at radius 3 is 2.60 bits per heavy atom. The van der Waals surface area contributed by atoms with E-state index in [4.69, 9.17) is 14.5 Å². The normalized spacial score (nSPS) is 20.6. The van der Waals surface area contributed by atoms with E-state index in [0.29, 0.717) is 17.9 Å². The largest absolute Gasteiger partial charge is 0.496 e. The van der Waals surface area contributed by atoms with Crippen LogP contribution in [-0.2, 0) is 11.4 Å². The highest BCUT2D eigenvalue weighted by Gasteiger charge is 2.44. The number of carbonyl (C=O) groups excluding carboxylic acids is 1. The van der Waals surface area contributed by atoms with Crippen LogP contribution in [0.15, 0.2) is 71.7 Å². The molecule has 0 saturated heterocycles.